The van der Waals surface area contributed by atoms with E-state index in [1.54, 1.807) is 0 Å². The lowest BCUT2D eigenvalue weighted by Crippen LogP contribution is -2.15. The van der Waals surface area contributed by atoms with E-state index in [4.69, 9.17) is 16.3 Å². The van der Waals surface area contributed by atoms with Gasteiger partial charge in [0, 0.05) is 12.7 Å². The molecule has 5 nitrogen and oxygen atoms in total. The van der Waals surface area contributed by atoms with E-state index in [-0.39, 0.29) is 11.3 Å². The van der Waals surface area contributed by atoms with Crippen LogP contribution in [0, 0.1) is 6.92 Å². The summed E-state index contributed by atoms with van der Waals surface area (Å²) in [7, 11) is 1.89. The molecule has 0 aliphatic rings. The van der Waals surface area contributed by atoms with Gasteiger partial charge in [0.05, 0.1) is 6.61 Å². The van der Waals surface area contributed by atoms with Crippen LogP contribution in [0.1, 0.15) is 18.9 Å². The fraction of sp³-hybridized carbons (Fsp3) is 0.357. The number of aromatic nitrogens is 3. The van der Waals surface area contributed by atoms with Gasteiger partial charge < -0.3 is 9.64 Å². The van der Waals surface area contributed by atoms with E-state index in [0.717, 1.165) is 17.7 Å². The molecule has 106 valence electrons. The zero-order chi connectivity index (χ0) is 14.5. The summed E-state index contributed by atoms with van der Waals surface area (Å²) in [5.74, 6) is 0.463. The van der Waals surface area contributed by atoms with Crippen LogP contribution in [0.4, 0.5) is 11.6 Å². The second kappa shape index (κ2) is 6.52. The third-order valence-electron chi connectivity index (χ3n) is 2.79. The number of para-hydroxylation sites is 1. The largest absolute Gasteiger partial charge is 0.463 e. The van der Waals surface area contributed by atoms with E-state index in [0.29, 0.717) is 12.6 Å². The highest BCUT2D eigenvalue weighted by molar-refractivity contribution is 6.28. The van der Waals surface area contributed by atoms with Crippen LogP contribution < -0.4 is 9.64 Å². The van der Waals surface area contributed by atoms with Crippen molar-refractivity contribution in [1.29, 1.82) is 0 Å². The Hall–Kier alpha value is -1.88. The molecule has 2 aromatic rings. The number of nitrogens with zero attached hydrogens (tertiary/aromatic N) is 4. The van der Waals surface area contributed by atoms with Crippen molar-refractivity contribution in [3.8, 4) is 6.01 Å². The summed E-state index contributed by atoms with van der Waals surface area (Å²) < 4.78 is 5.42. The SMILES string of the molecule is CCCOc1nc(Cl)nc(N(C)c2ccccc2C)n1. The number of hydrogen-bond acceptors (Lipinski definition) is 5. The summed E-state index contributed by atoms with van der Waals surface area (Å²) in [6, 6.07) is 8.24. The number of ether oxygens (including phenoxy) is 1. The number of rotatable bonds is 5. The van der Waals surface area contributed by atoms with Crippen LogP contribution in [0.25, 0.3) is 0 Å². The standard InChI is InChI=1S/C14H17ClN4O/c1-4-9-20-14-17-12(15)16-13(18-14)19(3)11-8-6-5-7-10(11)2/h5-8H,4,9H2,1-3H3. The summed E-state index contributed by atoms with van der Waals surface area (Å²) in [5, 5.41) is 0.126. The molecule has 0 atom stereocenters. The highest BCUT2D eigenvalue weighted by atomic mass is 35.5. The first-order chi connectivity index (χ1) is 9.61. The van der Waals surface area contributed by atoms with E-state index in [1.807, 2.05) is 50.1 Å². The molecule has 0 aliphatic carbocycles. The molecule has 0 radical (unpaired) electrons. The maximum absolute atomic E-state index is 5.93. The average molecular weight is 293 g/mol. The smallest absolute Gasteiger partial charge is 0.322 e. The first-order valence-electron chi connectivity index (χ1n) is 6.45. The molecule has 0 amide bonds. The fourth-order valence-corrected chi connectivity index (χ4v) is 1.93. The molecule has 0 saturated heterocycles. The van der Waals surface area contributed by atoms with Crippen molar-refractivity contribution in [2.24, 2.45) is 0 Å². The molecule has 6 heteroatoms. The molecular weight excluding hydrogens is 276 g/mol. The topological polar surface area (TPSA) is 51.1 Å². The average Bonchev–Trinajstić information content (AvgIpc) is 2.44. The molecule has 1 heterocycles. The maximum Gasteiger partial charge on any atom is 0.322 e. The van der Waals surface area contributed by atoms with Crippen LogP contribution in [0.2, 0.25) is 5.28 Å². The monoisotopic (exact) mass is 292 g/mol. The van der Waals surface area contributed by atoms with E-state index in [1.165, 1.54) is 0 Å². The van der Waals surface area contributed by atoms with Crippen LogP contribution in [0.15, 0.2) is 24.3 Å². The summed E-state index contributed by atoms with van der Waals surface area (Å²) in [5.41, 5.74) is 2.14. The minimum Gasteiger partial charge on any atom is -0.463 e. The number of aryl methyl sites for hydroxylation is 1. The van der Waals surface area contributed by atoms with Gasteiger partial charge in [-0.1, -0.05) is 25.1 Å². The lowest BCUT2D eigenvalue weighted by molar-refractivity contribution is 0.291. The van der Waals surface area contributed by atoms with Crippen molar-refractivity contribution in [3.63, 3.8) is 0 Å². The first kappa shape index (κ1) is 14.5. The Morgan fingerprint density at radius 1 is 1.20 bits per heavy atom. The first-order valence-corrected chi connectivity index (χ1v) is 6.83. The van der Waals surface area contributed by atoms with Gasteiger partial charge in [-0.2, -0.15) is 15.0 Å². The molecule has 0 aliphatic heterocycles. The van der Waals surface area contributed by atoms with E-state index < -0.39 is 0 Å². The van der Waals surface area contributed by atoms with Gasteiger partial charge in [-0.25, -0.2) is 0 Å². The number of hydrogen-bond donors (Lipinski definition) is 0. The quantitative estimate of drug-likeness (QED) is 0.845. The predicted octanol–water partition coefficient (Wildman–Crippen LogP) is 3.39. The van der Waals surface area contributed by atoms with Crippen LogP contribution in [-0.4, -0.2) is 28.6 Å². The Balaban J connectivity index is 2.32. The van der Waals surface area contributed by atoms with Crippen LogP contribution in [0.3, 0.4) is 0 Å². The normalized spacial score (nSPS) is 10.4. The van der Waals surface area contributed by atoms with Gasteiger partial charge in [-0.3, -0.25) is 0 Å². The van der Waals surface area contributed by atoms with Crippen molar-refractivity contribution >= 4 is 23.2 Å². The summed E-state index contributed by atoms with van der Waals surface area (Å²) in [6.07, 6.45) is 0.881. The zero-order valence-corrected chi connectivity index (χ0v) is 12.6. The third-order valence-corrected chi connectivity index (χ3v) is 2.96. The fourth-order valence-electron chi connectivity index (χ4n) is 1.78. The third kappa shape index (κ3) is 3.36. The zero-order valence-electron chi connectivity index (χ0n) is 11.8. The van der Waals surface area contributed by atoms with Gasteiger partial charge in [0.15, 0.2) is 0 Å². The second-order valence-electron chi connectivity index (χ2n) is 4.38. The Kier molecular flexibility index (Phi) is 4.74. The minimum absolute atomic E-state index is 0.126. The van der Waals surface area contributed by atoms with Crippen molar-refractivity contribution in [3.05, 3.63) is 35.1 Å². The van der Waals surface area contributed by atoms with E-state index >= 15 is 0 Å². The van der Waals surface area contributed by atoms with Crippen molar-refractivity contribution in [2.45, 2.75) is 20.3 Å². The number of anilines is 2. The molecule has 0 unspecified atom stereocenters. The second-order valence-corrected chi connectivity index (χ2v) is 4.72. The van der Waals surface area contributed by atoms with Crippen LogP contribution >= 0.6 is 11.6 Å². The number of halogens is 1. The molecule has 20 heavy (non-hydrogen) atoms. The van der Waals surface area contributed by atoms with Crippen LogP contribution in [-0.2, 0) is 0 Å². The molecule has 2 rings (SSSR count). The molecule has 0 spiro atoms. The Labute approximate surface area is 123 Å². The van der Waals surface area contributed by atoms with E-state index in [9.17, 15) is 0 Å². The van der Waals surface area contributed by atoms with Gasteiger partial charge in [0.25, 0.3) is 0 Å². The molecule has 1 aromatic carbocycles. The maximum atomic E-state index is 5.93. The van der Waals surface area contributed by atoms with Gasteiger partial charge in [0.1, 0.15) is 0 Å². The molecular formula is C14H17ClN4O. The Bertz CT molecular complexity index is 591. The summed E-state index contributed by atoms with van der Waals surface area (Å²) in [6.45, 7) is 4.60. The van der Waals surface area contributed by atoms with Crippen molar-refractivity contribution in [2.75, 3.05) is 18.6 Å². The molecule has 0 N–H and O–H groups in total. The van der Waals surface area contributed by atoms with Crippen molar-refractivity contribution < 1.29 is 4.74 Å². The minimum atomic E-state index is 0.126. The molecule has 0 saturated carbocycles. The Morgan fingerprint density at radius 2 is 1.95 bits per heavy atom. The lowest BCUT2D eigenvalue weighted by atomic mass is 10.2. The lowest BCUT2D eigenvalue weighted by Gasteiger charge is -2.19. The van der Waals surface area contributed by atoms with E-state index in [2.05, 4.69) is 15.0 Å². The molecule has 0 bridgehead atoms. The Morgan fingerprint density at radius 3 is 2.65 bits per heavy atom. The predicted molar refractivity (Wildman–Crippen MR) is 79.9 cm³/mol. The summed E-state index contributed by atoms with van der Waals surface area (Å²) in [4.78, 5) is 14.3. The van der Waals surface area contributed by atoms with Gasteiger partial charge >= 0.3 is 6.01 Å². The highest BCUT2D eigenvalue weighted by Crippen LogP contribution is 2.25. The van der Waals surface area contributed by atoms with Crippen molar-refractivity contribution in [1.82, 2.24) is 15.0 Å². The molecule has 0 fully saturated rings. The van der Waals surface area contributed by atoms with Gasteiger partial charge in [0.2, 0.25) is 11.2 Å². The molecule has 1 aromatic heterocycles. The summed E-state index contributed by atoms with van der Waals surface area (Å²) >= 11 is 5.93. The van der Waals surface area contributed by atoms with Crippen LogP contribution in [0.5, 0.6) is 6.01 Å². The van der Waals surface area contributed by atoms with Gasteiger partial charge in [-0.15, -0.1) is 0 Å². The number of benzene rings is 1. The highest BCUT2D eigenvalue weighted by Gasteiger charge is 2.13. The van der Waals surface area contributed by atoms with Gasteiger partial charge in [-0.05, 0) is 36.6 Å².